The summed E-state index contributed by atoms with van der Waals surface area (Å²) in [5.41, 5.74) is 8.02. The first-order valence-electron chi connectivity index (χ1n) is 6.86. The molecule has 3 heteroatoms. The van der Waals surface area contributed by atoms with E-state index in [0.29, 0.717) is 13.2 Å². The molecule has 2 N–H and O–H groups in total. The Morgan fingerprint density at radius 3 is 2.40 bits per heavy atom. The standard InChI is InChI=1S/C17H21NO2/c1-19-16-7-5-14(6-8-16)10-12-20-17-4-2-3-15(13-17)9-11-18/h2-8,13H,9-12,18H2,1H3. The van der Waals surface area contributed by atoms with Gasteiger partial charge in [0.1, 0.15) is 11.5 Å². The zero-order valence-corrected chi connectivity index (χ0v) is 11.8. The van der Waals surface area contributed by atoms with Crippen molar-refractivity contribution in [3.8, 4) is 11.5 Å². The van der Waals surface area contributed by atoms with Gasteiger partial charge in [0.15, 0.2) is 0 Å². The van der Waals surface area contributed by atoms with E-state index in [0.717, 1.165) is 24.3 Å². The molecule has 0 unspecified atom stereocenters. The van der Waals surface area contributed by atoms with Crippen LogP contribution in [0.4, 0.5) is 0 Å². The fraction of sp³-hybridized carbons (Fsp3) is 0.294. The Kier molecular flexibility index (Phi) is 5.44. The number of ether oxygens (including phenoxy) is 2. The second kappa shape index (κ2) is 7.56. The highest BCUT2D eigenvalue weighted by atomic mass is 16.5. The normalized spacial score (nSPS) is 10.3. The first-order chi connectivity index (χ1) is 9.81. The Hall–Kier alpha value is -2.00. The third-order valence-electron chi connectivity index (χ3n) is 3.15. The van der Waals surface area contributed by atoms with Crippen molar-refractivity contribution in [1.82, 2.24) is 0 Å². The minimum Gasteiger partial charge on any atom is -0.497 e. The number of benzene rings is 2. The summed E-state index contributed by atoms with van der Waals surface area (Å²) in [6, 6.07) is 16.2. The van der Waals surface area contributed by atoms with Crippen LogP contribution in [0.25, 0.3) is 0 Å². The molecule has 20 heavy (non-hydrogen) atoms. The number of hydrogen-bond donors (Lipinski definition) is 1. The average molecular weight is 271 g/mol. The minimum absolute atomic E-state index is 0.662. The number of methoxy groups -OCH3 is 1. The summed E-state index contributed by atoms with van der Waals surface area (Å²) in [6.07, 6.45) is 1.76. The molecule has 0 aromatic heterocycles. The van der Waals surface area contributed by atoms with E-state index in [2.05, 4.69) is 24.3 Å². The van der Waals surface area contributed by atoms with Gasteiger partial charge >= 0.3 is 0 Å². The van der Waals surface area contributed by atoms with Crippen LogP contribution in [-0.2, 0) is 12.8 Å². The molecule has 2 aromatic rings. The number of nitrogens with two attached hydrogens (primary N) is 1. The van der Waals surface area contributed by atoms with E-state index in [1.807, 2.05) is 24.3 Å². The van der Waals surface area contributed by atoms with Crippen molar-refractivity contribution in [3.63, 3.8) is 0 Å². The van der Waals surface area contributed by atoms with E-state index in [1.54, 1.807) is 7.11 Å². The van der Waals surface area contributed by atoms with Crippen molar-refractivity contribution in [1.29, 1.82) is 0 Å². The van der Waals surface area contributed by atoms with Crippen LogP contribution in [-0.4, -0.2) is 20.3 Å². The first-order valence-corrected chi connectivity index (χ1v) is 6.86. The molecule has 2 aromatic carbocycles. The van der Waals surface area contributed by atoms with Crippen molar-refractivity contribution >= 4 is 0 Å². The lowest BCUT2D eigenvalue weighted by molar-refractivity contribution is 0.321. The van der Waals surface area contributed by atoms with E-state index in [9.17, 15) is 0 Å². The summed E-state index contributed by atoms with van der Waals surface area (Å²) >= 11 is 0. The Bertz CT molecular complexity index is 523. The Balaban J connectivity index is 1.84. The van der Waals surface area contributed by atoms with Crippen LogP contribution in [0.5, 0.6) is 11.5 Å². The second-order valence-electron chi connectivity index (χ2n) is 4.63. The van der Waals surface area contributed by atoms with E-state index >= 15 is 0 Å². The number of hydrogen-bond acceptors (Lipinski definition) is 3. The van der Waals surface area contributed by atoms with Crippen molar-refractivity contribution < 1.29 is 9.47 Å². The lowest BCUT2D eigenvalue weighted by Crippen LogP contribution is -2.04. The van der Waals surface area contributed by atoms with Crippen molar-refractivity contribution in [2.75, 3.05) is 20.3 Å². The van der Waals surface area contributed by atoms with E-state index in [1.165, 1.54) is 11.1 Å². The van der Waals surface area contributed by atoms with Gasteiger partial charge in [-0.25, -0.2) is 0 Å². The van der Waals surface area contributed by atoms with E-state index in [-0.39, 0.29) is 0 Å². The molecular weight excluding hydrogens is 250 g/mol. The van der Waals surface area contributed by atoms with Crippen molar-refractivity contribution in [2.24, 2.45) is 5.73 Å². The maximum atomic E-state index is 5.78. The molecule has 0 saturated carbocycles. The largest absolute Gasteiger partial charge is 0.497 e. The van der Waals surface area contributed by atoms with Gasteiger partial charge in [0.05, 0.1) is 13.7 Å². The predicted molar refractivity (Wildman–Crippen MR) is 81.4 cm³/mol. The molecule has 0 amide bonds. The van der Waals surface area contributed by atoms with Gasteiger partial charge in [0.25, 0.3) is 0 Å². The van der Waals surface area contributed by atoms with Crippen LogP contribution in [0.3, 0.4) is 0 Å². The Morgan fingerprint density at radius 2 is 1.70 bits per heavy atom. The van der Waals surface area contributed by atoms with Gasteiger partial charge in [0.2, 0.25) is 0 Å². The van der Waals surface area contributed by atoms with Crippen LogP contribution in [0.1, 0.15) is 11.1 Å². The molecular formula is C17H21NO2. The molecule has 2 rings (SSSR count). The maximum absolute atomic E-state index is 5.78. The van der Waals surface area contributed by atoms with Gasteiger partial charge in [-0.15, -0.1) is 0 Å². The maximum Gasteiger partial charge on any atom is 0.119 e. The lowest BCUT2D eigenvalue weighted by atomic mass is 10.1. The Labute approximate surface area is 120 Å². The van der Waals surface area contributed by atoms with Crippen LogP contribution >= 0.6 is 0 Å². The quantitative estimate of drug-likeness (QED) is 0.842. The fourth-order valence-electron chi connectivity index (χ4n) is 2.04. The van der Waals surface area contributed by atoms with Crippen LogP contribution in [0, 0.1) is 0 Å². The zero-order chi connectivity index (χ0) is 14.2. The van der Waals surface area contributed by atoms with Crippen LogP contribution < -0.4 is 15.2 Å². The van der Waals surface area contributed by atoms with Crippen LogP contribution in [0.15, 0.2) is 48.5 Å². The average Bonchev–Trinajstić information content (AvgIpc) is 2.49. The summed E-state index contributed by atoms with van der Waals surface area (Å²) in [7, 11) is 1.67. The molecule has 0 bridgehead atoms. The van der Waals surface area contributed by atoms with Gasteiger partial charge in [-0.05, 0) is 48.4 Å². The molecule has 0 fully saturated rings. The third-order valence-corrected chi connectivity index (χ3v) is 3.15. The molecule has 0 spiro atoms. The summed E-state index contributed by atoms with van der Waals surface area (Å²) in [6.45, 7) is 1.33. The molecule has 0 aliphatic carbocycles. The minimum atomic E-state index is 0.662. The monoisotopic (exact) mass is 271 g/mol. The Morgan fingerprint density at radius 1 is 0.900 bits per heavy atom. The molecule has 3 nitrogen and oxygen atoms in total. The lowest BCUT2D eigenvalue weighted by Gasteiger charge is -2.08. The van der Waals surface area contributed by atoms with Gasteiger partial charge in [0, 0.05) is 6.42 Å². The molecule has 0 aliphatic heterocycles. The molecule has 106 valence electrons. The fourth-order valence-corrected chi connectivity index (χ4v) is 2.04. The predicted octanol–water partition coefficient (Wildman–Crippen LogP) is 2.82. The smallest absolute Gasteiger partial charge is 0.119 e. The van der Waals surface area contributed by atoms with Gasteiger partial charge in [-0.3, -0.25) is 0 Å². The van der Waals surface area contributed by atoms with Crippen molar-refractivity contribution in [3.05, 3.63) is 59.7 Å². The highest BCUT2D eigenvalue weighted by Gasteiger charge is 1.98. The first kappa shape index (κ1) is 14.4. The van der Waals surface area contributed by atoms with Crippen molar-refractivity contribution in [2.45, 2.75) is 12.8 Å². The second-order valence-corrected chi connectivity index (χ2v) is 4.63. The number of rotatable bonds is 7. The zero-order valence-electron chi connectivity index (χ0n) is 11.8. The van der Waals surface area contributed by atoms with Gasteiger partial charge in [-0.1, -0.05) is 24.3 Å². The molecule has 0 aliphatic rings. The van der Waals surface area contributed by atoms with Crippen LogP contribution in [0.2, 0.25) is 0 Å². The summed E-state index contributed by atoms with van der Waals surface area (Å²) in [5.74, 6) is 1.79. The highest BCUT2D eigenvalue weighted by Crippen LogP contribution is 2.15. The molecule has 0 radical (unpaired) electrons. The summed E-state index contributed by atoms with van der Waals surface area (Å²) in [4.78, 5) is 0. The van der Waals surface area contributed by atoms with Gasteiger partial charge in [-0.2, -0.15) is 0 Å². The highest BCUT2D eigenvalue weighted by molar-refractivity contribution is 5.29. The topological polar surface area (TPSA) is 44.5 Å². The summed E-state index contributed by atoms with van der Waals surface area (Å²) in [5, 5.41) is 0. The molecule has 0 saturated heterocycles. The molecule has 0 heterocycles. The van der Waals surface area contributed by atoms with E-state index in [4.69, 9.17) is 15.2 Å². The SMILES string of the molecule is COc1ccc(CCOc2cccc(CCN)c2)cc1. The third kappa shape index (κ3) is 4.28. The molecule has 0 atom stereocenters. The van der Waals surface area contributed by atoms with E-state index < -0.39 is 0 Å². The summed E-state index contributed by atoms with van der Waals surface area (Å²) < 4.78 is 10.9. The van der Waals surface area contributed by atoms with Gasteiger partial charge < -0.3 is 15.2 Å².